The molecule has 2 aliphatic rings. The minimum absolute atomic E-state index is 0.0460. The van der Waals surface area contributed by atoms with Crippen molar-refractivity contribution in [3.8, 4) is 10.6 Å². The van der Waals surface area contributed by atoms with Crippen LogP contribution < -0.4 is 5.32 Å². The molecule has 170 valence electrons. The summed E-state index contributed by atoms with van der Waals surface area (Å²) in [6.07, 6.45) is 4.34. The Morgan fingerprint density at radius 3 is 2.73 bits per heavy atom. The summed E-state index contributed by atoms with van der Waals surface area (Å²) in [5, 5.41) is 6.15. The number of aromatic nitrogens is 1. The molecule has 2 aromatic carbocycles. The van der Waals surface area contributed by atoms with Crippen LogP contribution in [0.25, 0.3) is 10.6 Å². The minimum Gasteiger partial charge on any atom is -0.353 e. The van der Waals surface area contributed by atoms with Crippen LogP contribution in [0.15, 0.2) is 53.9 Å². The van der Waals surface area contributed by atoms with Crippen LogP contribution in [0.3, 0.4) is 0 Å². The fourth-order valence-corrected chi connectivity index (χ4v) is 5.82. The molecule has 3 aromatic rings. The quantitative estimate of drug-likeness (QED) is 0.565. The van der Waals surface area contributed by atoms with Gasteiger partial charge < -0.3 is 10.2 Å². The first kappa shape index (κ1) is 21.8. The normalized spacial score (nSPS) is 20.0. The summed E-state index contributed by atoms with van der Waals surface area (Å²) in [6, 6.07) is 16.4. The molecule has 1 saturated carbocycles. The Balaban J connectivity index is 1.08. The number of amides is 2. The van der Waals surface area contributed by atoms with Gasteiger partial charge in [0.2, 0.25) is 5.91 Å². The van der Waals surface area contributed by atoms with Gasteiger partial charge in [-0.1, -0.05) is 42.0 Å². The highest BCUT2D eigenvalue weighted by atomic mass is 32.1. The third kappa shape index (κ3) is 5.01. The lowest BCUT2D eigenvalue weighted by molar-refractivity contribution is -0.121. The lowest BCUT2D eigenvalue weighted by Gasteiger charge is -2.31. The van der Waals surface area contributed by atoms with Crippen LogP contribution in [0.4, 0.5) is 0 Å². The Bertz CT molecular complexity index is 1160. The van der Waals surface area contributed by atoms with Gasteiger partial charge in [0.25, 0.3) is 5.91 Å². The predicted octanol–water partition coefficient (Wildman–Crippen LogP) is 4.99. The number of nitrogens with one attached hydrogen (secondary N) is 1. The van der Waals surface area contributed by atoms with Crippen molar-refractivity contribution in [2.75, 3.05) is 6.54 Å². The Kier molecular flexibility index (Phi) is 6.27. The van der Waals surface area contributed by atoms with E-state index in [9.17, 15) is 9.59 Å². The molecule has 0 saturated heterocycles. The molecule has 5 rings (SSSR count). The molecule has 5 nitrogen and oxygen atoms in total. The summed E-state index contributed by atoms with van der Waals surface area (Å²) in [5.41, 5.74) is 5.12. The molecule has 1 aliphatic carbocycles. The van der Waals surface area contributed by atoms with E-state index in [1.807, 2.05) is 40.6 Å². The molecular weight excluding hydrogens is 430 g/mol. The zero-order valence-electron chi connectivity index (χ0n) is 18.9. The molecule has 1 aromatic heterocycles. The van der Waals surface area contributed by atoms with E-state index in [1.54, 1.807) is 11.3 Å². The number of benzene rings is 2. The van der Waals surface area contributed by atoms with Gasteiger partial charge in [-0.15, -0.1) is 11.3 Å². The first-order valence-corrected chi connectivity index (χ1v) is 12.6. The maximum atomic E-state index is 12.6. The van der Waals surface area contributed by atoms with Crippen LogP contribution in [0.1, 0.15) is 52.9 Å². The monoisotopic (exact) mass is 459 g/mol. The molecule has 0 unspecified atom stereocenters. The van der Waals surface area contributed by atoms with E-state index < -0.39 is 0 Å². The number of fused-ring (bicyclic) bond motifs is 1. The zero-order valence-corrected chi connectivity index (χ0v) is 19.7. The van der Waals surface area contributed by atoms with E-state index in [-0.39, 0.29) is 17.9 Å². The summed E-state index contributed by atoms with van der Waals surface area (Å²) >= 11 is 1.59. The molecule has 0 atom stereocenters. The van der Waals surface area contributed by atoms with E-state index in [2.05, 4.69) is 35.4 Å². The zero-order chi connectivity index (χ0) is 22.8. The topological polar surface area (TPSA) is 62.3 Å². The number of nitrogens with zero attached hydrogens (tertiary/aromatic N) is 2. The fourth-order valence-electron chi connectivity index (χ4n) is 5.01. The van der Waals surface area contributed by atoms with E-state index in [0.29, 0.717) is 12.3 Å². The maximum absolute atomic E-state index is 12.6. The van der Waals surface area contributed by atoms with Crippen molar-refractivity contribution in [1.82, 2.24) is 15.2 Å². The molecule has 0 spiro atoms. The van der Waals surface area contributed by atoms with Gasteiger partial charge in [-0.05, 0) is 56.2 Å². The Labute approximate surface area is 198 Å². The fraction of sp³-hybridized carbons (Fsp3) is 0.370. The van der Waals surface area contributed by atoms with Crippen LogP contribution >= 0.6 is 11.3 Å². The molecule has 1 aliphatic heterocycles. The summed E-state index contributed by atoms with van der Waals surface area (Å²) < 4.78 is 0. The number of rotatable bonds is 6. The highest BCUT2D eigenvalue weighted by molar-refractivity contribution is 7.13. The van der Waals surface area contributed by atoms with Crippen molar-refractivity contribution in [1.29, 1.82) is 0 Å². The molecule has 6 heteroatoms. The van der Waals surface area contributed by atoms with Gasteiger partial charge in [-0.25, -0.2) is 4.98 Å². The van der Waals surface area contributed by atoms with Crippen molar-refractivity contribution >= 4 is 23.2 Å². The van der Waals surface area contributed by atoms with E-state index >= 15 is 0 Å². The lowest BCUT2D eigenvalue weighted by atomic mass is 9.85. The van der Waals surface area contributed by atoms with Gasteiger partial charge in [-0.2, -0.15) is 0 Å². The Hall–Kier alpha value is -2.99. The van der Waals surface area contributed by atoms with Crippen molar-refractivity contribution in [3.63, 3.8) is 0 Å². The molecule has 1 N–H and O–H groups in total. The van der Waals surface area contributed by atoms with Gasteiger partial charge in [0.1, 0.15) is 5.01 Å². The first-order chi connectivity index (χ1) is 16.0. The van der Waals surface area contributed by atoms with Crippen molar-refractivity contribution in [3.05, 3.63) is 76.3 Å². The third-order valence-electron chi connectivity index (χ3n) is 6.75. The van der Waals surface area contributed by atoms with Gasteiger partial charge in [0.05, 0.1) is 12.1 Å². The van der Waals surface area contributed by atoms with Crippen molar-refractivity contribution in [2.45, 2.75) is 51.6 Å². The third-order valence-corrected chi connectivity index (χ3v) is 7.69. The van der Waals surface area contributed by atoms with Gasteiger partial charge in [-0.3, -0.25) is 9.59 Å². The predicted molar refractivity (Wildman–Crippen MR) is 131 cm³/mol. The average molecular weight is 460 g/mol. The van der Waals surface area contributed by atoms with Crippen molar-refractivity contribution < 1.29 is 9.59 Å². The number of hydrogen-bond donors (Lipinski definition) is 1. The SMILES string of the molecule is Cc1cccc(-c2nc(CC(=O)NC3CCC(CN4Cc5ccccc5C4=O)CC3)cs2)c1. The highest BCUT2D eigenvalue weighted by Gasteiger charge is 2.30. The summed E-state index contributed by atoms with van der Waals surface area (Å²) in [5.74, 6) is 0.714. The molecule has 0 bridgehead atoms. The van der Waals surface area contributed by atoms with Crippen LogP contribution in [-0.4, -0.2) is 34.3 Å². The highest BCUT2D eigenvalue weighted by Crippen LogP contribution is 2.29. The van der Waals surface area contributed by atoms with Gasteiger partial charge in [0, 0.05) is 35.6 Å². The van der Waals surface area contributed by atoms with Crippen LogP contribution in [0.2, 0.25) is 0 Å². The minimum atomic E-state index is 0.0460. The largest absolute Gasteiger partial charge is 0.353 e. The van der Waals surface area contributed by atoms with Crippen LogP contribution in [0, 0.1) is 12.8 Å². The second-order valence-electron chi connectivity index (χ2n) is 9.32. The van der Waals surface area contributed by atoms with Gasteiger partial charge >= 0.3 is 0 Å². The molecule has 1 fully saturated rings. The Morgan fingerprint density at radius 1 is 1.12 bits per heavy atom. The number of carbonyl (C=O) groups is 2. The van der Waals surface area contributed by atoms with E-state index in [1.165, 1.54) is 5.56 Å². The molecule has 2 heterocycles. The molecule has 33 heavy (non-hydrogen) atoms. The number of thiazole rings is 1. The molecule has 0 radical (unpaired) electrons. The Morgan fingerprint density at radius 2 is 1.94 bits per heavy atom. The average Bonchev–Trinajstić information content (AvgIpc) is 3.40. The summed E-state index contributed by atoms with van der Waals surface area (Å²) in [4.78, 5) is 31.9. The van der Waals surface area contributed by atoms with E-state index in [0.717, 1.165) is 66.2 Å². The van der Waals surface area contributed by atoms with Crippen LogP contribution in [0.5, 0.6) is 0 Å². The number of hydrogen-bond acceptors (Lipinski definition) is 4. The van der Waals surface area contributed by atoms with E-state index in [4.69, 9.17) is 0 Å². The lowest BCUT2D eigenvalue weighted by Crippen LogP contribution is -2.40. The van der Waals surface area contributed by atoms with Gasteiger partial charge in [0.15, 0.2) is 0 Å². The second kappa shape index (κ2) is 9.48. The van der Waals surface area contributed by atoms with Crippen molar-refractivity contribution in [2.24, 2.45) is 5.92 Å². The van der Waals surface area contributed by atoms with Crippen LogP contribution in [-0.2, 0) is 17.8 Å². The first-order valence-electron chi connectivity index (χ1n) is 11.7. The smallest absolute Gasteiger partial charge is 0.254 e. The standard InChI is InChI=1S/C27H29N3O2S/c1-18-5-4-7-20(13-18)26-29-23(17-33-26)14-25(31)28-22-11-9-19(10-12-22)15-30-16-21-6-2-3-8-24(21)27(30)32/h2-8,13,17,19,22H,9-12,14-16H2,1H3,(H,28,31). The second-order valence-corrected chi connectivity index (χ2v) is 10.2. The number of carbonyl (C=O) groups excluding carboxylic acids is 2. The molecule has 2 amide bonds. The number of aryl methyl sites for hydroxylation is 1. The maximum Gasteiger partial charge on any atom is 0.254 e. The summed E-state index contributed by atoms with van der Waals surface area (Å²) in [7, 11) is 0. The molecular formula is C27H29N3O2S. The summed E-state index contributed by atoms with van der Waals surface area (Å²) in [6.45, 7) is 3.61.